The molecule has 0 aliphatic rings. The first-order valence-corrected chi connectivity index (χ1v) is 4.17. The van der Waals surface area contributed by atoms with E-state index < -0.39 is 3.79 Å². The summed E-state index contributed by atoms with van der Waals surface area (Å²) in [5, 5.41) is 4.87. The van der Waals surface area contributed by atoms with Gasteiger partial charge in [-0.25, -0.2) is 4.79 Å². The number of hydrogen-bond acceptors (Lipinski definition) is 1. The summed E-state index contributed by atoms with van der Waals surface area (Å²) in [7, 11) is 0. The Kier molecular flexibility index (Phi) is 4.97. The van der Waals surface area contributed by atoms with Gasteiger partial charge >= 0.3 is 6.03 Å². The van der Waals surface area contributed by atoms with Gasteiger partial charge < -0.3 is 10.6 Å². The van der Waals surface area contributed by atoms with Crippen LogP contribution in [0.2, 0.25) is 0 Å². The molecule has 0 saturated carbocycles. The third-order valence-electron chi connectivity index (χ3n) is 0.787. The minimum atomic E-state index is -1.43. The summed E-state index contributed by atoms with van der Waals surface area (Å²) in [6.07, 6.45) is 0. The van der Waals surface area contributed by atoms with E-state index in [0.717, 1.165) is 0 Å². The number of carbonyl (C=O) groups excluding carboxylic acids is 1. The standard InChI is InChI=1S/C5H9Cl3N2O/c1-2-9-4(11)10-3-5(6,7)8/h2-3H2,1H3,(H2,9,10,11). The zero-order valence-corrected chi connectivity index (χ0v) is 8.22. The van der Waals surface area contributed by atoms with Gasteiger partial charge in [0.05, 0.1) is 6.54 Å². The maximum atomic E-state index is 10.7. The Labute approximate surface area is 80.4 Å². The van der Waals surface area contributed by atoms with Gasteiger partial charge in [-0.1, -0.05) is 34.8 Å². The fraction of sp³-hybridized carbons (Fsp3) is 0.800. The topological polar surface area (TPSA) is 41.1 Å². The van der Waals surface area contributed by atoms with Gasteiger partial charge in [0.1, 0.15) is 0 Å². The molecule has 3 nitrogen and oxygen atoms in total. The van der Waals surface area contributed by atoms with Crippen molar-refractivity contribution in [1.82, 2.24) is 10.6 Å². The van der Waals surface area contributed by atoms with Crippen molar-refractivity contribution >= 4 is 40.8 Å². The van der Waals surface area contributed by atoms with Crippen LogP contribution in [0.3, 0.4) is 0 Å². The van der Waals surface area contributed by atoms with Crippen LogP contribution in [0.5, 0.6) is 0 Å². The van der Waals surface area contributed by atoms with E-state index in [9.17, 15) is 4.79 Å². The SMILES string of the molecule is CCNC(=O)NCC(Cl)(Cl)Cl. The van der Waals surface area contributed by atoms with Gasteiger partial charge in [0.25, 0.3) is 0 Å². The van der Waals surface area contributed by atoms with Gasteiger partial charge in [-0.3, -0.25) is 0 Å². The molecule has 0 aliphatic carbocycles. The lowest BCUT2D eigenvalue weighted by atomic mass is 10.7. The number of hydrogen-bond donors (Lipinski definition) is 2. The van der Waals surface area contributed by atoms with E-state index in [0.29, 0.717) is 6.54 Å². The second-order valence-corrected chi connectivity index (χ2v) is 4.34. The van der Waals surface area contributed by atoms with E-state index in [2.05, 4.69) is 10.6 Å². The molecular weight excluding hydrogens is 210 g/mol. The van der Waals surface area contributed by atoms with E-state index in [-0.39, 0.29) is 12.6 Å². The normalized spacial score (nSPS) is 10.9. The van der Waals surface area contributed by atoms with Gasteiger partial charge in [-0.15, -0.1) is 0 Å². The Bertz CT molecular complexity index is 134. The van der Waals surface area contributed by atoms with Gasteiger partial charge in [-0.2, -0.15) is 0 Å². The van der Waals surface area contributed by atoms with Crippen LogP contribution in [-0.4, -0.2) is 22.9 Å². The molecule has 0 radical (unpaired) electrons. The Morgan fingerprint density at radius 3 is 2.27 bits per heavy atom. The quantitative estimate of drug-likeness (QED) is 0.682. The van der Waals surface area contributed by atoms with Crippen LogP contribution in [0, 0.1) is 0 Å². The molecule has 6 heteroatoms. The Balaban J connectivity index is 3.46. The molecule has 0 fully saturated rings. The lowest BCUT2D eigenvalue weighted by molar-refractivity contribution is 0.241. The summed E-state index contributed by atoms with van der Waals surface area (Å²) in [5.41, 5.74) is 0. The number of amides is 2. The lowest BCUT2D eigenvalue weighted by Crippen LogP contribution is -2.39. The number of nitrogens with one attached hydrogen (secondary N) is 2. The van der Waals surface area contributed by atoms with E-state index in [1.165, 1.54) is 0 Å². The molecule has 66 valence electrons. The summed E-state index contributed by atoms with van der Waals surface area (Å²) < 4.78 is -1.43. The van der Waals surface area contributed by atoms with Gasteiger partial charge in [0.2, 0.25) is 3.79 Å². The van der Waals surface area contributed by atoms with Crippen molar-refractivity contribution in [3.05, 3.63) is 0 Å². The minimum Gasteiger partial charge on any atom is -0.338 e. The van der Waals surface area contributed by atoms with Gasteiger partial charge in [0, 0.05) is 6.54 Å². The summed E-state index contributed by atoms with van der Waals surface area (Å²) >= 11 is 16.1. The summed E-state index contributed by atoms with van der Waals surface area (Å²) in [6, 6.07) is -0.334. The van der Waals surface area contributed by atoms with E-state index >= 15 is 0 Å². The molecule has 0 saturated heterocycles. The molecule has 0 aromatic carbocycles. The van der Waals surface area contributed by atoms with E-state index in [1.807, 2.05) is 0 Å². The molecule has 0 aliphatic heterocycles. The van der Waals surface area contributed by atoms with Crippen molar-refractivity contribution in [3.8, 4) is 0 Å². The monoisotopic (exact) mass is 218 g/mol. The first-order chi connectivity index (χ1) is 4.95. The van der Waals surface area contributed by atoms with Crippen molar-refractivity contribution in [3.63, 3.8) is 0 Å². The Morgan fingerprint density at radius 1 is 1.36 bits per heavy atom. The Morgan fingerprint density at radius 2 is 1.91 bits per heavy atom. The number of urea groups is 1. The number of alkyl halides is 3. The second kappa shape index (κ2) is 4.91. The summed E-state index contributed by atoms with van der Waals surface area (Å²) in [4.78, 5) is 10.7. The predicted molar refractivity (Wildman–Crippen MR) is 47.4 cm³/mol. The highest BCUT2D eigenvalue weighted by molar-refractivity contribution is 6.67. The number of carbonyl (C=O) groups is 1. The highest BCUT2D eigenvalue weighted by Gasteiger charge is 2.19. The molecule has 0 bridgehead atoms. The van der Waals surface area contributed by atoms with Crippen LogP contribution in [0.1, 0.15) is 6.92 Å². The summed E-state index contributed by atoms with van der Waals surface area (Å²) in [6.45, 7) is 2.35. The average Bonchev–Trinajstić information content (AvgIpc) is 1.83. The summed E-state index contributed by atoms with van der Waals surface area (Å²) in [5.74, 6) is 0. The minimum absolute atomic E-state index is 0.00347. The zero-order chi connectivity index (χ0) is 8.91. The van der Waals surface area contributed by atoms with Crippen molar-refractivity contribution < 1.29 is 4.79 Å². The molecule has 0 aromatic heterocycles. The fourth-order valence-corrected chi connectivity index (χ4v) is 0.604. The molecule has 2 amide bonds. The van der Waals surface area contributed by atoms with Crippen LogP contribution in [0.15, 0.2) is 0 Å². The third kappa shape index (κ3) is 8.04. The number of rotatable bonds is 2. The first kappa shape index (κ1) is 11.1. The Hall–Kier alpha value is 0.140. The number of halogens is 3. The lowest BCUT2D eigenvalue weighted by Gasteiger charge is -2.11. The first-order valence-electron chi connectivity index (χ1n) is 3.04. The predicted octanol–water partition coefficient (Wildman–Crippen LogP) is 1.68. The molecule has 0 atom stereocenters. The van der Waals surface area contributed by atoms with Gasteiger partial charge in [0.15, 0.2) is 0 Å². The largest absolute Gasteiger partial charge is 0.338 e. The van der Waals surface area contributed by atoms with Crippen LogP contribution in [-0.2, 0) is 0 Å². The fourth-order valence-electron chi connectivity index (χ4n) is 0.404. The van der Waals surface area contributed by atoms with E-state index in [1.54, 1.807) is 6.92 Å². The van der Waals surface area contributed by atoms with Crippen LogP contribution < -0.4 is 10.6 Å². The van der Waals surface area contributed by atoms with Crippen LogP contribution >= 0.6 is 34.8 Å². The van der Waals surface area contributed by atoms with E-state index in [4.69, 9.17) is 34.8 Å². The molecule has 0 aromatic rings. The third-order valence-corrected chi connectivity index (χ3v) is 1.19. The van der Waals surface area contributed by atoms with Crippen LogP contribution in [0.4, 0.5) is 4.79 Å². The molecule has 0 rings (SSSR count). The average molecular weight is 219 g/mol. The molecule has 0 spiro atoms. The maximum absolute atomic E-state index is 10.7. The molecule has 11 heavy (non-hydrogen) atoms. The highest BCUT2D eigenvalue weighted by atomic mass is 35.6. The van der Waals surface area contributed by atoms with Crippen molar-refractivity contribution in [2.45, 2.75) is 10.7 Å². The van der Waals surface area contributed by atoms with Crippen molar-refractivity contribution in [2.24, 2.45) is 0 Å². The molecule has 2 N–H and O–H groups in total. The smallest absolute Gasteiger partial charge is 0.314 e. The molecule has 0 heterocycles. The van der Waals surface area contributed by atoms with Crippen molar-refractivity contribution in [1.29, 1.82) is 0 Å². The van der Waals surface area contributed by atoms with Crippen LogP contribution in [0.25, 0.3) is 0 Å². The maximum Gasteiger partial charge on any atom is 0.314 e. The highest BCUT2D eigenvalue weighted by Crippen LogP contribution is 2.24. The molecule has 0 unspecified atom stereocenters. The second-order valence-electron chi connectivity index (χ2n) is 1.83. The van der Waals surface area contributed by atoms with Gasteiger partial charge in [-0.05, 0) is 6.92 Å². The van der Waals surface area contributed by atoms with Crippen molar-refractivity contribution in [2.75, 3.05) is 13.1 Å². The molecular formula is C5H9Cl3N2O. The zero-order valence-electron chi connectivity index (χ0n) is 5.96.